The van der Waals surface area contributed by atoms with Gasteiger partial charge in [-0.2, -0.15) is 0 Å². The van der Waals surface area contributed by atoms with E-state index in [1.165, 1.54) is 31.2 Å². The molecule has 0 radical (unpaired) electrons. The topological polar surface area (TPSA) is 78.4 Å². The summed E-state index contributed by atoms with van der Waals surface area (Å²) in [4.78, 5) is 13.2. The van der Waals surface area contributed by atoms with Crippen LogP contribution < -0.4 is 10.2 Å². The van der Waals surface area contributed by atoms with E-state index in [1.807, 2.05) is 13.1 Å². The monoisotopic (exact) mass is 426 g/mol. The average Bonchev–Trinajstić information content (AvgIpc) is 2.65. The summed E-state index contributed by atoms with van der Waals surface area (Å²) in [6.45, 7) is 10.2. The average molecular weight is 427 g/mol. The van der Waals surface area contributed by atoms with Crippen LogP contribution in [-0.4, -0.2) is 45.3 Å². The molecule has 0 saturated carbocycles. The minimum Gasteiger partial charge on any atom is -0.507 e. The van der Waals surface area contributed by atoms with E-state index in [0.717, 1.165) is 18.7 Å². The number of hydrogen-bond donors (Lipinski definition) is 2. The molecule has 0 atom stereocenters. The molecule has 2 N–H and O–H groups in total. The largest absolute Gasteiger partial charge is 0.507 e. The normalized spacial score (nSPS) is 18.3. The molecule has 1 aromatic heterocycles. The first-order chi connectivity index (χ1) is 14.4. The number of phenolic OH excluding ortho intramolecular Hbond substituents is 1. The van der Waals surface area contributed by atoms with Crippen LogP contribution in [0.1, 0.15) is 53.0 Å². The Morgan fingerprint density at radius 3 is 2.39 bits per heavy atom. The molecular formula is C24H31FN4O2. The lowest BCUT2D eigenvalue weighted by molar-refractivity contribution is -0.112. The number of carbonyl (C=O) groups is 1. The van der Waals surface area contributed by atoms with Gasteiger partial charge in [0.15, 0.2) is 11.6 Å². The standard InChI is InChI=1S/C24H31FN4O2/c1-15(30)7-8-16-11-21(31)18(12-19(16)25)20-9-10-22(27-26-20)29(6)17-13-23(2,3)28-24(4,5)14-17/h7-12,17,28,31H,13-14H2,1-6H3/b8-7+. The molecule has 1 aliphatic rings. The molecule has 7 heteroatoms. The zero-order valence-corrected chi connectivity index (χ0v) is 19.0. The molecule has 0 amide bonds. The predicted octanol–water partition coefficient (Wildman–Crippen LogP) is 4.34. The predicted molar refractivity (Wildman–Crippen MR) is 122 cm³/mol. The molecule has 31 heavy (non-hydrogen) atoms. The summed E-state index contributed by atoms with van der Waals surface area (Å²) >= 11 is 0. The number of rotatable bonds is 5. The number of allylic oxidation sites excluding steroid dienone is 1. The summed E-state index contributed by atoms with van der Waals surface area (Å²) in [5, 5.41) is 22.6. The number of piperidine rings is 1. The van der Waals surface area contributed by atoms with Crippen molar-refractivity contribution >= 4 is 17.7 Å². The third kappa shape index (κ3) is 5.47. The van der Waals surface area contributed by atoms with E-state index in [2.05, 4.69) is 48.1 Å². The Bertz CT molecular complexity index is 983. The van der Waals surface area contributed by atoms with Gasteiger partial charge in [-0.15, -0.1) is 10.2 Å². The van der Waals surface area contributed by atoms with Gasteiger partial charge in [0.2, 0.25) is 0 Å². The molecule has 1 aliphatic heterocycles. The Morgan fingerprint density at radius 1 is 1.19 bits per heavy atom. The molecule has 166 valence electrons. The van der Waals surface area contributed by atoms with Crippen LogP contribution in [0.25, 0.3) is 17.3 Å². The summed E-state index contributed by atoms with van der Waals surface area (Å²) in [5.74, 6) is -0.147. The fourth-order valence-corrected chi connectivity index (χ4v) is 4.50. The highest BCUT2D eigenvalue weighted by molar-refractivity contribution is 5.91. The molecule has 6 nitrogen and oxygen atoms in total. The number of carbonyl (C=O) groups excluding carboxylic acids is 1. The quantitative estimate of drug-likeness (QED) is 0.693. The zero-order chi connectivity index (χ0) is 23.0. The van der Waals surface area contributed by atoms with Crippen LogP contribution in [-0.2, 0) is 4.79 Å². The number of anilines is 1. The summed E-state index contributed by atoms with van der Waals surface area (Å²) in [5.41, 5.74) is 0.785. The van der Waals surface area contributed by atoms with Crippen molar-refractivity contribution in [2.75, 3.05) is 11.9 Å². The van der Waals surface area contributed by atoms with Crippen molar-refractivity contribution in [3.63, 3.8) is 0 Å². The summed E-state index contributed by atoms with van der Waals surface area (Å²) in [6, 6.07) is 6.36. The van der Waals surface area contributed by atoms with Gasteiger partial charge in [-0.05, 0) is 83.9 Å². The highest BCUT2D eigenvalue weighted by Crippen LogP contribution is 2.34. The van der Waals surface area contributed by atoms with Crippen molar-refractivity contribution < 1.29 is 14.3 Å². The Morgan fingerprint density at radius 2 is 1.84 bits per heavy atom. The fraction of sp³-hybridized carbons (Fsp3) is 0.458. The van der Waals surface area contributed by atoms with Crippen molar-refractivity contribution in [2.24, 2.45) is 0 Å². The molecule has 2 aromatic rings. The van der Waals surface area contributed by atoms with E-state index in [-0.39, 0.29) is 33.7 Å². The Hall–Kier alpha value is -2.80. The Balaban J connectivity index is 1.83. The zero-order valence-electron chi connectivity index (χ0n) is 19.0. The van der Waals surface area contributed by atoms with Gasteiger partial charge in [0.05, 0.1) is 5.69 Å². The van der Waals surface area contributed by atoms with Crippen LogP contribution in [0.4, 0.5) is 10.2 Å². The Labute approximate surface area is 183 Å². The SMILES string of the molecule is CC(=O)/C=C/c1cc(O)c(-c2ccc(N(C)C3CC(C)(C)NC(C)(C)C3)nn2)cc1F. The van der Waals surface area contributed by atoms with E-state index >= 15 is 0 Å². The molecule has 1 saturated heterocycles. The van der Waals surface area contributed by atoms with Gasteiger partial charge in [0.25, 0.3) is 0 Å². The number of hydrogen-bond acceptors (Lipinski definition) is 6. The number of phenols is 1. The number of ketones is 1. The van der Waals surface area contributed by atoms with Crippen molar-refractivity contribution in [2.45, 2.75) is 64.6 Å². The van der Waals surface area contributed by atoms with Crippen LogP contribution in [0, 0.1) is 5.82 Å². The van der Waals surface area contributed by atoms with E-state index in [4.69, 9.17) is 0 Å². The molecular weight excluding hydrogens is 395 g/mol. The van der Waals surface area contributed by atoms with Gasteiger partial charge in [-0.25, -0.2) is 4.39 Å². The van der Waals surface area contributed by atoms with Gasteiger partial charge < -0.3 is 15.3 Å². The number of halogens is 1. The molecule has 1 aromatic carbocycles. The van der Waals surface area contributed by atoms with Crippen LogP contribution in [0.2, 0.25) is 0 Å². The molecule has 0 unspecified atom stereocenters. The van der Waals surface area contributed by atoms with Crippen LogP contribution >= 0.6 is 0 Å². The first kappa shape index (κ1) is 22.9. The number of benzene rings is 1. The number of aromatic hydroxyl groups is 1. The smallest absolute Gasteiger partial charge is 0.152 e. The fourth-order valence-electron chi connectivity index (χ4n) is 4.50. The van der Waals surface area contributed by atoms with E-state index in [9.17, 15) is 14.3 Å². The molecule has 1 fully saturated rings. The highest BCUT2D eigenvalue weighted by atomic mass is 19.1. The van der Waals surface area contributed by atoms with Crippen molar-refractivity contribution in [1.29, 1.82) is 0 Å². The van der Waals surface area contributed by atoms with E-state index < -0.39 is 5.82 Å². The van der Waals surface area contributed by atoms with Crippen LogP contribution in [0.3, 0.4) is 0 Å². The first-order valence-corrected chi connectivity index (χ1v) is 10.4. The summed E-state index contributed by atoms with van der Waals surface area (Å²) < 4.78 is 14.4. The summed E-state index contributed by atoms with van der Waals surface area (Å²) in [7, 11) is 2.01. The number of nitrogens with one attached hydrogen (secondary N) is 1. The van der Waals surface area contributed by atoms with Gasteiger partial charge in [0, 0.05) is 35.3 Å². The Kier molecular flexibility index (Phi) is 6.18. The number of aromatic nitrogens is 2. The number of nitrogens with zero attached hydrogens (tertiary/aromatic N) is 3. The second-order valence-corrected chi connectivity index (χ2v) is 9.68. The van der Waals surface area contributed by atoms with Gasteiger partial charge in [-0.3, -0.25) is 4.79 Å². The van der Waals surface area contributed by atoms with Crippen molar-refractivity contribution in [3.8, 4) is 17.0 Å². The molecule has 0 bridgehead atoms. The van der Waals surface area contributed by atoms with Crippen molar-refractivity contribution in [1.82, 2.24) is 15.5 Å². The lowest BCUT2D eigenvalue weighted by Gasteiger charge is -2.49. The lowest BCUT2D eigenvalue weighted by Crippen LogP contribution is -2.62. The molecule has 0 aliphatic carbocycles. The maximum absolute atomic E-state index is 14.4. The third-order valence-corrected chi connectivity index (χ3v) is 5.62. The maximum atomic E-state index is 14.4. The van der Waals surface area contributed by atoms with Crippen molar-refractivity contribution in [3.05, 3.63) is 41.7 Å². The van der Waals surface area contributed by atoms with E-state index in [1.54, 1.807) is 6.07 Å². The summed E-state index contributed by atoms with van der Waals surface area (Å²) in [6.07, 6.45) is 4.54. The molecule has 2 heterocycles. The minimum absolute atomic E-state index is 0.00986. The molecule has 0 spiro atoms. The highest BCUT2D eigenvalue weighted by Gasteiger charge is 2.39. The minimum atomic E-state index is -0.549. The van der Waals surface area contributed by atoms with Crippen LogP contribution in [0.15, 0.2) is 30.3 Å². The van der Waals surface area contributed by atoms with Crippen LogP contribution in [0.5, 0.6) is 5.75 Å². The lowest BCUT2D eigenvalue weighted by atomic mass is 9.79. The second kappa shape index (κ2) is 8.38. The van der Waals surface area contributed by atoms with Gasteiger partial charge >= 0.3 is 0 Å². The maximum Gasteiger partial charge on any atom is 0.152 e. The van der Waals surface area contributed by atoms with E-state index in [0.29, 0.717) is 11.7 Å². The molecule has 3 rings (SSSR count). The third-order valence-electron chi connectivity index (χ3n) is 5.62. The van der Waals surface area contributed by atoms with Gasteiger partial charge in [-0.1, -0.05) is 0 Å². The first-order valence-electron chi connectivity index (χ1n) is 10.4. The second-order valence-electron chi connectivity index (χ2n) is 9.68. The van der Waals surface area contributed by atoms with Gasteiger partial charge in [0.1, 0.15) is 11.6 Å².